The van der Waals surface area contributed by atoms with Crippen LogP contribution in [0.4, 0.5) is 0 Å². The van der Waals surface area contributed by atoms with Gasteiger partial charge in [0.2, 0.25) is 0 Å². The van der Waals surface area contributed by atoms with Crippen LogP contribution in [0.25, 0.3) is 0 Å². The highest BCUT2D eigenvalue weighted by Crippen LogP contribution is 2.28. The van der Waals surface area contributed by atoms with Crippen molar-refractivity contribution in [3.8, 4) is 11.5 Å². The number of hydrogen-bond acceptors (Lipinski definition) is 4. The van der Waals surface area contributed by atoms with Crippen LogP contribution < -0.4 is 5.32 Å². The molecule has 2 rings (SSSR count). The minimum atomic E-state index is -0.453. The summed E-state index contributed by atoms with van der Waals surface area (Å²) in [6.45, 7) is 2.61. The molecule has 5 heteroatoms. The molecule has 1 fully saturated rings. The van der Waals surface area contributed by atoms with Crippen LogP contribution in [-0.4, -0.2) is 34.9 Å². The van der Waals surface area contributed by atoms with Gasteiger partial charge in [-0.1, -0.05) is 6.07 Å². The van der Waals surface area contributed by atoms with E-state index in [2.05, 4.69) is 5.32 Å². The standard InChI is InChI=1S/C13H17NO4/c1-2-18-9-6-8(7-9)14-13(17)12-10(15)4-3-5-11(12)16/h3-5,8-9,15-16H,2,6-7H2,1H3,(H,14,17). The first-order valence-corrected chi connectivity index (χ1v) is 6.05. The average Bonchev–Trinajstić information content (AvgIpc) is 2.26. The third kappa shape index (κ3) is 2.56. The smallest absolute Gasteiger partial charge is 0.259 e. The number of rotatable bonds is 4. The highest BCUT2D eigenvalue weighted by atomic mass is 16.5. The fourth-order valence-electron chi connectivity index (χ4n) is 2.07. The van der Waals surface area contributed by atoms with E-state index in [9.17, 15) is 15.0 Å². The summed E-state index contributed by atoms with van der Waals surface area (Å²) in [6, 6.07) is 4.28. The van der Waals surface area contributed by atoms with Crippen LogP contribution in [0.15, 0.2) is 18.2 Å². The molecule has 5 nitrogen and oxygen atoms in total. The quantitative estimate of drug-likeness (QED) is 0.755. The fraction of sp³-hybridized carbons (Fsp3) is 0.462. The molecule has 1 aliphatic rings. The van der Waals surface area contributed by atoms with Crippen molar-refractivity contribution >= 4 is 5.91 Å². The van der Waals surface area contributed by atoms with Gasteiger partial charge in [0.25, 0.3) is 5.91 Å². The zero-order chi connectivity index (χ0) is 13.1. The van der Waals surface area contributed by atoms with Gasteiger partial charge in [-0.2, -0.15) is 0 Å². The average molecular weight is 251 g/mol. The molecular weight excluding hydrogens is 234 g/mol. The van der Waals surface area contributed by atoms with E-state index in [0.29, 0.717) is 6.61 Å². The molecule has 0 saturated heterocycles. The maximum atomic E-state index is 11.9. The molecule has 0 aliphatic heterocycles. The molecule has 1 aromatic rings. The van der Waals surface area contributed by atoms with E-state index in [0.717, 1.165) is 12.8 Å². The second kappa shape index (κ2) is 5.27. The summed E-state index contributed by atoms with van der Waals surface area (Å²) in [5.74, 6) is -0.882. The number of aromatic hydroxyl groups is 2. The van der Waals surface area contributed by atoms with Crippen LogP contribution in [0, 0.1) is 0 Å². The monoisotopic (exact) mass is 251 g/mol. The van der Waals surface area contributed by atoms with Crippen LogP contribution in [0.3, 0.4) is 0 Å². The van der Waals surface area contributed by atoms with Crippen molar-refractivity contribution in [2.75, 3.05) is 6.61 Å². The highest BCUT2D eigenvalue weighted by Gasteiger charge is 2.31. The zero-order valence-electron chi connectivity index (χ0n) is 10.2. The third-order valence-corrected chi connectivity index (χ3v) is 3.08. The van der Waals surface area contributed by atoms with Crippen molar-refractivity contribution in [2.24, 2.45) is 0 Å². The molecule has 98 valence electrons. The lowest BCUT2D eigenvalue weighted by atomic mass is 9.89. The Bertz CT molecular complexity index is 420. The molecule has 0 bridgehead atoms. The maximum absolute atomic E-state index is 11.9. The van der Waals surface area contributed by atoms with Gasteiger partial charge in [-0.15, -0.1) is 0 Å². The second-order valence-electron chi connectivity index (χ2n) is 4.39. The second-order valence-corrected chi connectivity index (χ2v) is 4.39. The van der Waals surface area contributed by atoms with Gasteiger partial charge in [-0.3, -0.25) is 4.79 Å². The van der Waals surface area contributed by atoms with Gasteiger partial charge in [0.1, 0.15) is 17.1 Å². The van der Waals surface area contributed by atoms with Gasteiger partial charge in [0, 0.05) is 12.6 Å². The summed E-state index contributed by atoms with van der Waals surface area (Å²) >= 11 is 0. The third-order valence-electron chi connectivity index (χ3n) is 3.08. The number of carbonyl (C=O) groups is 1. The van der Waals surface area contributed by atoms with Crippen LogP contribution in [-0.2, 0) is 4.74 Å². The molecule has 18 heavy (non-hydrogen) atoms. The van der Waals surface area contributed by atoms with E-state index in [-0.39, 0.29) is 29.2 Å². The van der Waals surface area contributed by atoms with Crippen LogP contribution in [0.5, 0.6) is 11.5 Å². The number of amides is 1. The Morgan fingerprint density at radius 2 is 2.00 bits per heavy atom. The summed E-state index contributed by atoms with van der Waals surface area (Å²) in [4.78, 5) is 11.9. The number of carbonyl (C=O) groups excluding carboxylic acids is 1. The van der Waals surface area contributed by atoms with E-state index in [1.807, 2.05) is 6.92 Å². The molecule has 0 spiro atoms. The molecule has 0 radical (unpaired) electrons. The molecule has 0 unspecified atom stereocenters. The number of ether oxygens (including phenoxy) is 1. The fourth-order valence-corrected chi connectivity index (χ4v) is 2.07. The van der Waals surface area contributed by atoms with E-state index in [1.54, 1.807) is 0 Å². The Morgan fingerprint density at radius 3 is 2.56 bits per heavy atom. The van der Waals surface area contributed by atoms with Crippen molar-refractivity contribution in [2.45, 2.75) is 31.9 Å². The van der Waals surface area contributed by atoms with Gasteiger partial charge >= 0.3 is 0 Å². The van der Waals surface area contributed by atoms with Crippen molar-refractivity contribution < 1.29 is 19.7 Å². The Balaban J connectivity index is 1.93. The van der Waals surface area contributed by atoms with Gasteiger partial charge in [0.15, 0.2) is 0 Å². The van der Waals surface area contributed by atoms with E-state index in [4.69, 9.17) is 4.74 Å². The predicted molar refractivity (Wildman–Crippen MR) is 65.7 cm³/mol. The normalized spacial score (nSPS) is 22.3. The largest absolute Gasteiger partial charge is 0.507 e. The minimum absolute atomic E-state index is 0.0491. The topological polar surface area (TPSA) is 78.8 Å². The molecule has 3 N–H and O–H groups in total. The zero-order valence-corrected chi connectivity index (χ0v) is 10.2. The summed E-state index contributed by atoms with van der Waals surface area (Å²) in [5.41, 5.74) is -0.0719. The van der Waals surface area contributed by atoms with Crippen molar-refractivity contribution in [1.82, 2.24) is 5.32 Å². The van der Waals surface area contributed by atoms with Gasteiger partial charge < -0.3 is 20.3 Å². The van der Waals surface area contributed by atoms with E-state index < -0.39 is 5.91 Å². The highest BCUT2D eigenvalue weighted by molar-refractivity contribution is 5.99. The van der Waals surface area contributed by atoms with Crippen LogP contribution in [0.2, 0.25) is 0 Å². The number of benzene rings is 1. The number of phenols is 2. The minimum Gasteiger partial charge on any atom is -0.507 e. The van der Waals surface area contributed by atoms with Gasteiger partial charge in [-0.25, -0.2) is 0 Å². The van der Waals surface area contributed by atoms with Crippen molar-refractivity contribution in [1.29, 1.82) is 0 Å². The summed E-state index contributed by atoms with van der Waals surface area (Å²) in [5, 5.41) is 21.9. The lowest BCUT2D eigenvalue weighted by Crippen LogP contribution is -2.47. The molecule has 1 saturated carbocycles. The van der Waals surface area contributed by atoms with Gasteiger partial charge in [0.05, 0.1) is 6.10 Å². The molecule has 0 heterocycles. The van der Waals surface area contributed by atoms with Crippen LogP contribution in [0.1, 0.15) is 30.1 Å². The predicted octanol–water partition coefficient (Wildman–Crippen LogP) is 1.40. The molecule has 1 amide bonds. The molecule has 1 aromatic carbocycles. The van der Waals surface area contributed by atoms with E-state index >= 15 is 0 Å². The Morgan fingerprint density at radius 1 is 1.39 bits per heavy atom. The van der Waals surface area contributed by atoms with Crippen molar-refractivity contribution in [3.05, 3.63) is 23.8 Å². The Hall–Kier alpha value is -1.75. The summed E-state index contributed by atoms with van der Waals surface area (Å²) in [7, 11) is 0. The first-order valence-electron chi connectivity index (χ1n) is 6.05. The van der Waals surface area contributed by atoms with E-state index in [1.165, 1.54) is 18.2 Å². The number of nitrogens with one attached hydrogen (secondary N) is 1. The molecule has 1 aliphatic carbocycles. The first-order chi connectivity index (χ1) is 8.61. The lowest BCUT2D eigenvalue weighted by molar-refractivity contribution is -0.00865. The number of hydrogen-bond donors (Lipinski definition) is 3. The summed E-state index contributed by atoms with van der Waals surface area (Å²) in [6.07, 6.45) is 1.75. The Labute approximate surface area is 105 Å². The SMILES string of the molecule is CCOC1CC(NC(=O)c2c(O)cccc2O)C1. The van der Waals surface area contributed by atoms with Crippen molar-refractivity contribution in [3.63, 3.8) is 0 Å². The molecule has 0 aromatic heterocycles. The molecular formula is C13H17NO4. The van der Waals surface area contributed by atoms with Gasteiger partial charge in [-0.05, 0) is 31.9 Å². The number of phenolic OH excluding ortho intramolecular Hbond substituents is 2. The van der Waals surface area contributed by atoms with Crippen LogP contribution >= 0.6 is 0 Å². The summed E-state index contributed by atoms with van der Waals surface area (Å²) < 4.78 is 5.39. The Kier molecular flexibility index (Phi) is 3.72. The first kappa shape index (κ1) is 12.7. The lowest BCUT2D eigenvalue weighted by Gasteiger charge is -2.35. The maximum Gasteiger partial charge on any atom is 0.259 e. The molecule has 0 atom stereocenters.